The van der Waals surface area contributed by atoms with Gasteiger partial charge in [-0.05, 0) is 73.6 Å². The molecule has 6 rings (SSSR count). The molecule has 0 aliphatic heterocycles. The number of carbonyl (C=O) groups excluding carboxylic acids is 2. The maximum absolute atomic E-state index is 14.5. The Bertz CT molecular complexity index is 1470. The quantitative estimate of drug-likeness (QED) is 0.397. The molecule has 8 heteroatoms. The summed E-state index contributed by atoms with van der Waals surface area (Å²) in [6, 6.07) is 9.44. The SMILES string of the molecule is CC1=C[C@]23C(=O)[C@@H](C=C(CO)[C@@H](O)[C@]2(O)[C@H]1OC(=O)c1c(C)nn(-c2ccccc2)c1C)[C@H]1[C@@H](C[C@H]3C)C1(C)C. The van der Waals surface area contributed by atoms with Crippen molar-refractivity contribution in [2.75, 3.05) is 6.61 Å². The van der Waals surface area contributed by atoms with Gasteiger partial charge in [-0.1, -0.05) is 51.1 Å². The molecule has 4 aliphatic rings. The summed E-state index contributed by atoms with van der Waals surface area (Å²) < 4.78 is 7.75. The summed E-state index contributed by atoms with van der Waals surface area (Å²) in [6.07, 6.45) is 1.22. The van der Waals surface area contributed by atoms with E-state index in [1.54, 1.807) is 37.6 Å². The lowest BCUT2D eigenvalue weighted by molar-refractivity contribution is -0.190. The highest BCUT2D eigenvalue weighted by Crippen LogP contribution is 2.71. The fourth-order valence-corrected chi connectivity index (χ4v) is 8.52. The van der Waals surface area contributed by atoms with Crippen LogP contribution in [0, 0.1) is 48.3 Å². The second-order valence-corrected chi connectivity index (χ2v) is 12.9. The number of rotatable bonds is 4. The molecule has 0 saturated heterocycles. The highest BCUT2D eigenvalue weighted by molar-refractivity contribution is 5.96. The standard InChI is InChI=1S/C32H38N2O6/c1-16-14-31-17(2)12-23-25(30(23,5)6)22(27(31)37)13-20(15-35)26(36)32(31,39)28(16)40-29(38)24-18(3)33-34(19(24)4)21-10-8-7-9-11-21/h7-11,13-14,17,22-23,25-26,28,35-36,39H,12,15H2,1-6H3/t17-,22+,23-,25+,26-,28+,31+,32+/m1/s1. The molecule has 40 heavy (non-hydrogen) atoms. The second-order valence-electron chi connectivity index (χ2n) is 12.9. The number of esters is 1. The number of hydrogen-bond acceptors (Lipinski definition) is 7. The molecule has 3 N–H and O–H groups in total. The molecule has 8 nitrogen and oxygen atoms in total. The Morgan fingerprint density at radius 2 is 1.85 bits per heavy atom. The minimum absolute atomic E-state index is 0.0577. The first kappa shape index (κ1) is 27.1. The first-order valence-electron chi connectivity index (χ1n) is 14.1. The largest absolute Gasteiger partial charge is 0.451 e. The number of ketones is 1. The van der Waals surface area contributed by atoms with Crippen LogP contribution < -0.4 is 0 Å². The Morgan fingerprint density at radius 3 is 2.50 bits per heavy atom. The topological polar surface area (TPSA) is 122 Å². The third kappa shape index (κ3) is 3.27. The summed E-state index contributed by atoms with van der Waals surface area (Å²) >= 11 is 0. The van der Waals surface area contributed by atoms with E-state index in [1.165, 1.54) is 0 Å². The number of allylic oxidation sites excluding steroid dienone is 1. The summed E-state index contributed by atoms with van der Waals surface area (Å²) in [6.45, 7) is 11.0. The lowest BCUT2D eigenvalue weighted by Crippen LogP contribution is -2.65. The van der Waals surface area contributed by atoms with Crippen molar-refractivity contribution in [3.8, 4) is 5.69 Å². The summed E-state index contributed by atoms with van der Waals surface area (Å²) in [5.74, 6) is -1.42. The van der Waals surface area contributed by atoms with E-state index in [0.29, 0.717) is 23.4 Å². The number of ether oxygens (including phenoxy) is 1. The number of benzene rings is 1. The Morgan fingerprint density at radius 1 is 1.18 bits per heavy atom. The van der Waals surface area contributed by atoms with E-state index in [0.717, 1.165) is 5.69 Å². The van der Waals surface area contributed by atoms with Crippen LogP contribution in [-0.4, -0.2) is 61.3 Å². The molecule has 0 amide bonds. The van der Waals surface area contributed by atoms with E-state index >= 15 is 0 Å². The predicted molar refractivity (Wildman–Crippen MR) is 148 cm³/mol. The highest BCUT2D eigenvalue weighted by Gasteiger charge is 2.76. The third-order valence-electron chi connectivity index (χ3n) is 10.6. The zero-order chi connectivity index (χ0) is 28.9. The van der Waals surface area contributed by atoms with Gasteiger partial charge in [-0.2, -0.15) is 5.10 Å². The average Bonchev–Trinajstić information content (AvgIpc) is 3.23. The van der Waals surface area contributed by atoms with Crippen molar-refractivity contribution in [1.82, 2.24) is 9.78 Å². The van der Waals surface area contributed by atoms with E-state index in [4.69, 9.17) is 4.74 Å². The first-order chi connectivity index (χ1) is 18.8. The minimum atomic E-state index is -2.18. The van der Waals surface area contributed by atoms with Crippen molar-refractivity contribution in [1.29, 1.82) is 0 Å². The van der Waals surface area contributed by atoms with Crippen molar-refractivity contribution in [2.24, 2.45) is 34.5 Å². The van der Waals surface area contributed by atoms with Gasteiger partial charge >= 0.3 is 5.97 Å². The van der Waals surface area contributed by atoms with Gasteiger partial charge in [0.15, 0.2) is 17.5 Å². The van der Waals surface area contributed by atoms with Crippen molar-refractivity contribution < 1.29 is 29.6 Å². The summed E-state index contributed by atoms with van der Waals surface area (Å²) in [7, 11) is 0. The minimum Gasteiger partial charge on any atom is -0.451 e. The molecule has 2 fully saturated rings. The van der Waals surface area contributed by atoms with Gasteiger partial charge in [0.25, 0.3) is 0 Å². The van der Waals surface area contributed by atoms with Crippen LogP contribution in [-0.2, 0) is 9.53 Å². The van der Waals surface area contributed by atoms with E-state index < -0.39 is 41.7 Å². The van der Waals surface area contributed by atoms with E-state index in [9.17, 15) is 24.9 Å². The maximum atomic E-state index is 14.5. The van der Waals surface area contributed by atoms with Gasteiger partial charge in [0.1, 0.15) is 11.7 Å². The Hall–Kier alpha value is -3.07. The third-order valence-corrected chi connectivity index (χ3v) is 10.6. The van der Waals surface area contributed by atoms with Crippen LogP contribution in [0.3, 0.4) is 0 Å². The summed E-state index contributed by atoms with van der Waals surface area (Å²) in [4.78, 5) is 28.3. The van der Waals surface area contributed by atoms with Crippen molar-refractivity contribution in [3.63, 3.8) is 0 Å². The lowest BCUT2D eigenvalue weighted by Gasteiger charge is -2.48. The molecule has 0 unspecified atom stereocenters. The van der Waals surface area contributed by atoms with Crippen molar-refractivity contribution in [3.05, 3.63) is 70.6 Å². The zero-order valence-electron chi connectivity index (χ0n) is 23.9. The number of aromatic nitrogens is 2. The van der Waals surface area contributed by atoms with Crippen LogP contribution in [0.15, 0.2) is 53.6 Å². The van der Waals surface area contributed by atoms with Crippen LogP contribution in [0.1, 0.15) is 55.9 Å². The van der Waals surface area contributed by atoms with Gasteiger partial charge in [0.05, 0.1) is 29.1 Å². The van der Waals surface area contributed by atoms with Gasteiger partial charge in [0, 0.05) is 5.92 Å². The van der Waals surface area contributed by atoms with Gasteiger partial charge in [0.2, 0.25) is 0 Å². The van der Waals surface area contributed by atoms with Gasteiger partial charge in [-0.25, -0.2) is 9.48 Å². The van der Waals surface area contributed by atoms with Gasteiger partial charge in [-0.3, -0.25) is 4.79 Å². The molecule has 212 valence electrons. The lowest BCUT2D eigenvalue weighted by atomic mass is 9.59. The zero-order valence-corrected chi connectivity index (χ0v) is 23.9. The second kappa shape index (κ2) is 8.71. The molecule has 2 bridgehead atoms. The van der Waals surface area contributed by atoms with Gasteiger partial charge < -0.3 is 20.1 Å². The Labute approximate surface area is 234 Å². The monoisotopic (exact) mass is 546 g/mol. The molecule has 1 aromatic carbocycles. The number of aliphatic hydroxyl groups is 3. The Balaban J connectivity index is 1.43. The molecule has 8 atom stereocenters. The van der Waals surface area contributed by atoms with Gasteiger partial charge in [-0.15, -0.1) is 0 Å². The van der Waals surface area contributed by atoms with E-state index in [2.05, 4.69) is 18.9 Å². The van der Waals surface area contributed by atoms with Crippen LogP contribution in [0.2, 0.25) is 0 Å². The molecule has 2 saturated carbocycles. The fraction of sp³-hybridized carbons (Fsp3) is 0.531. The number of hydrogen-bond donors (Lipinski definition) is 3. The molecule has 1 aromatic heterocycles. The number of aliphatic hydroxyl groups excluding tert-OH is 2. The molecule has 1 spiro atoms. The maximum Gasteiger partial charge on any atom is 0.342 e. The normalized spacial score (nSPS) is 37.5. The van der Waals surface area contributed by atoms with Crippen LogP contribution in [0.25, 0.3) is 5.69 Å². The average molecular weight is 547 g/mol. The first-order valence-corrected chi connectivity index (χ1v) is 14.1. The molecule has 1 heterocycles. The molecular formula is C32H38N2O6. The van der Waals surface area contributed by atoms with Crippen LogP contribution >= 0.6 is 0 Å². The number of carbonyl (C=O) groups is 2. The molecule has 4 aliphatic carbocycles. The molecule has 2 aromatic rings. The summed E-state index contributed by atoms with van der Waals surface area (Å²) in [5.41, 5.74) is -0.910. The van der Waals surface area contributed by atoms with Crippen molar-refractivity contribution >= 4 is 11.8 Å². The van der Waals surface area contributed by atoms with E-state index in [-0.39, 0.29) is 40.1 Å². The van der Waals surface area contributed by atoms with E-state index in [1.807, 2.05) is 37.3 Å². The number of fused-ring (bicyclic) bond motifs is 3. The number of Topliss-reactive ketones (excluding diaryl/α,β-unsaturated/α-hetero) is 1. The Kier molecular flexibility index (Phi) is 5.91. The number of aryl methyl sites for hydroxylation is 1. The van der Waals surface area contributed by atoms with Crippen LogP contribution in [0.5, 0.6) is 0 Å². The highest BCUT2D eigenvalue weighted by atomic mass is 16.6. The number of nitrogens with zero attached hydrogens (tertiary/aromatic N) is 2. The van der Waals surface area contributed by atoms with Crippen molar-refractivity contribution in [2.45, 2.75) is 65.8 Å². The predicted octanol–water partition coefficient (Wildman–Crippen LogP) is 3.48. The summed E-state index contributed by atoms with van der Waals surface area (Å²) in [5, 5.41) is 39.2. The molecular weight excluding hydrogens is 508 g/mol. The smallest absolute Gasteiger partial charge is 0.342 e. The fourth-order valence-electron chi connectivity index (χ4n) is 8.52. The van der Waals surface area contributed by atoms with Crippen LogP contribution in [0.4, 0.5) is 0 Å². The molecule has 0 radical (unpaired) electrons. The number of para-hydroxylation sites is 1.